The number of para-hydroxylation sites is 1. The molecule has 0 radical (unpaired) electrons. The Kier molecular flexibility index (Phi) is 6.67. The van der Waals surface area contributed by atoms with E-state index < -0.39 is 0 Å². The van der Waals surface area contributed by atoms with Gasteiger partial charge in [-0.3, -0.25) is 18.6 Å². The average Bonchev–Trinajstić information content (AvgIpc) is 3.19. The molecule has 0 N–H and O–H groups in total. The number of carbonyl (C=O) groups is 1. The van der Waals surface area contributed by atoms with Crippen LogP contribution in [-0.4, -0.2) is 38.7 Å². The standard InChI is InChI=1S/C25H28N4O3S/c1-15-13-16(2)22(18(4)30)17(3)20(15)14-33-25-27-26-24-28(11-8-12-32-5)23(31)19-9-6-7-10-21(19)29(24)25/h6-7,9-10,13H,8,11-12,14H2,1-5H3. The second-order valence-electron chi connectivity index (χ2n) is 8.27. The van der Waals surface area contributed by atoms with Crippen LogP contribution in [0.4, 0.5) is 0 Å². The molecule has 2 aromatic heterocycles. The first-order valence-corrected chi connectivity index (χ1v) is 11.9. The zero-order valence-electron chi connectivity index (χ0n) is 19.6. The molecule has 0 saturated heterocycles. The lowest BCUT2D eigenvalue weighted by Gasteiger charge is -2.15. The second kappa shape index (κ2) is 9.49. The number of ketones is 1. The largest absolute Gasteiger partial charge is 0.385 e. The molecule has 7 nitrogen and oxygen atoms in total. The fourth-order valence-corrected chi connectivity index (χ4v) is 5.65. The highest BCUT2D eigenvalue weighted by Gasteiger charge is 2.19. The van der Waals surface area contributed by atoms with Gasteiger partial charge in [-0.15, -0.1) is 10.2 Å². The zero-order valence-corrected chi connectivity index (χ0v) is 20.5. The van der Waals surface area contributed by atoms with Gasteiger partial charge in [-0.2, -0.15) is 0 Å². The zero-order chi connectivity index (χ0) is 23.7. The maximum absolute atomic E-state index is 13.2. The number of nitrogens with zero attached hydrogens (tertiary/aromatic N) is 4. The third-order valence-corrected chi connectivity index (χ3v) is 6.99. The van der Waals surface area contributed by atoms with Gasteiger partial charge in [-0.25, -0.2) is 0 Å². The molecular weight excluding hydrogens is 436 g/mol. The number of methoxy groups -OCH3 is 1. The summed E-state index contributed by atoms with van der Waals surface area (Å²) in [4.78, 5) is 25.4. The highest BCUT2D eigenvalue weighted by molar-refractivity contribution is 7.98. The summed E-state index contributed by atoms with van der Waals surface area (Å²) in [5.41, 5.74) is 5.81. The Morgan fingerprint density at radius 2 is 1.88 bits per heavy atom. The predicted octanol–water partition coefficient (Wildman–Crippen LogP) is 4.50. The van der Waals surface area contributed by atoms with E-state index in [-0.39, 0.29) is 11.3 Å². The molecule has 172 valence electrons. The molecule has 0 fully saturated rings. The van der Waals surface area contributed by atoms with E-state index in [1.165, 1.54) is 0 Å². The Hall–Kier alpha value is -2.97. The average molecular weight is 465 g/mol. The number of aromatic nitrogens is 4. The minimum Gasteiger partial charge on any atom is -0.385 e. The molecular formula is C25H28N4O3S. The third-order valence-electron chi connectivity index (χ3n) is 6.04. The summed E-state index contributed by atoms with van der Waals surface area (Å²) in [5.74, 6) is 1.25. The van der Waals surface area contributed by atoms with Crippen molar-refractivity contribution in [1.29, 1.82) is 0 Å². The van der Waals surface area contributed by atoms with Crippen LogP contribution in [0.5, 0.6) is 0 Å². The molecule has 0 aliphatic carbocycles. The summed E-state index contributed by atoms with van der Waals surface area (Å²) in [6.07, 6.45) is 0.704. The van der Waals surface area contributed by atoms with Crippen LogP contribution in [0.1, 0.15) is 46.0 Å². The summed E-state index contributed by atoms with van der Waals surface area (Å²) in [5, 5.41) is 10.2. The van der Waals surface area contributed by atoms with Crippen LogP contribution < -0.4 is 5.56 Å². The van der Waals surface area contributed by atoms with Crippen LogP contribution in [0, 0.1) is 20.8 Å². The molecule has 4 aromatic rings. The summed E-state index contributed by atoms with van der Waals surface area (Å²) in [7, 11) is 1.65. The van der Waals surface area contributed by atoms with Crippen LogP contribution in [0.15, 0.2) is 40.3 Å². The van der Waals surface area contributed by atoms with Crippen molar-refractivity contribution in [2.24, 2.45) is 0 Å². The normalized spacial score (nSPS) is 11.5. The first kappa shape index (κ1) is 23.2. The lowest BCUT2D eigenvalue weighted by molar-refractivity contribution is 0.101. The lowest BCUT2D eigenvalue weighted by atomic mass is 9.92. The van der Waals surface area contributed by atoms with Gasteiger partial charge >= 0.3 is 0 Å². The molecule has 8 heteroatoms. The second-order valence-corrected chi connectivity index (χ2v) is 9.21. The number of ether oxygens (including phenoxy) is 1. The van der Waals surface area contributed by atoms with Crippen molar-refractivity contribution in [2.75, 3.05) is 13.7 Å². The number of hydrogen-bond donors (Lipinski definition) is 0. The highest BCUT2D eigenvalue weighted by atomic mass is 32.2. The number of aryl methyl sites for hydroxylation is 3. The van der Waals surface area contributed by atoms with Gasteiger partial charge < -0.3 is 4.74 Å². The van der Waals surface area contributed by atoms with Gasteiger partial charge in [-0.05, 0) is 68.5 Å². The third kappa shape index (κ3) is 4.20. The van der Waals surface area contributed by atoms with Gasteiger partial charge in [0.15, 0.2) is 10.9 Å². The number of benzene rings is 2. The van der Waals surface area contributed by atoms with Crippen molar-refractivity contribution in [3.63, 3.8) is 0 Å². The van der Waals surface area contributed by atoms with E-state index in [0.29, 0.717) is 41.6 Å². The van der Waals surface area contributed by atoms with Crippen LogP contribution in [-0.2, 0) is 17.0 Å². The lowest BCUT2D eigenvalue weighted by Crippen LogP contribution is -2.24. The summed E-state index contributed by atoms with van der Waals surface area (Å²) < 4.78 is 8.80. The van der Waals surface area contributed by atoms with E-state index in [4.69, 9.17) is 4.74 Å². The fraction of sp³-hybridized carbons (Fsp3) is 0.360. The number of rotatable bonds is 8. The van der Waals surface area contributed by atoms with Crippen molar-refractivity contribution < 1.29 is 9.53 Å². The van der Waals surface area contributed by atoms with Crippen molar-refractivity contribution in [3.8, 4) is 0 Å². The summed E-state index contributed by atoms with van der Waals surface area (Å²) >= 11 is 1.56. The number of hydrogen-bond acceptors (Lipinski definition) is 6. The molecule has 0 amide bonds. The van der Waals surface area contributed by atoms with Gasteiger partial charge in [0, 0.05) is 31.6 Å². The van der Waals surface area contributed by atoms with Crippen LogP contribution >= 0.6 is 11.8 Å². The molecule has 0 unspecified atom stereocenters. The van der Waals surface area contributed by atoms with Gasteiger partial charge in [0.05, 0.1) is 10.9 Å². The smallest absolute Gasteiger partial charge is 0.262 e. The van der Waals surface area contributed by atoms with Gasteiger partial charge in [0.1, 0.15) is 0 Å². The molecule has 0 saturated carbocycles. The van der Waals surface area contributed by atoms with Crippen LogP contribution in [0.2, 0.25) is 0 Å². The van der Waals surface area contributed by atoms with Crippen molar-refractivity contribution in [1.82, 2.24) is 19.2 Å². The van der Waals surface area contributed by atoms with Crippen LogP contribution in [0.25, 0.3) is 16.7 Å². The maximum atomic E-state index is 13.2. The van der Waals surface area contributed by atoms with Crippen LogP contribution in [0.3, 0.4) is 0 Å². The number of fused-ring (bicyclic) bond motifs is 3. The summed E-state index contributed by atoms with van der Waals surface area (Å²) in [6, 6.07) is 9.62. The van der Waals surface area contributed by atoms with E-state index in [2.05, 4.69) is 23.2 Å². The van der Waals surface area contributed by atoms with Crippen molar-refractivity contribution in [3.05, 3.63) is 68.5 Å². The Labute approximate surface area is 196 Å². The number of thioether (sulfide) groups is 1. The van der Waals surface area contributed by atoms with Gasteiger partial charge in [0.25, 0.3) is 5.56 Å². The van der Waals surface area contributed by atoms with E-state index >= 15 is 0 Å². The Morgan fingerprint density at radius 1 is 1.12 bits per heavy atom. The fourth-order valence-electron chi connectivity index (χ4n) is 4.52. The molecule has 2 heterocycles. The highest BCUT2D eigenvalue weighted by Crippen LogP contribution is 2.30. The maximum Gasteiger partial charge on any atom is 0.262 e. The predicted molar refractivity (Wildman–Crippen MR) is 131 cm³/mol. The minimum atomic E-state index is -0.0746. The van der Waals surface area contributed by atoms with Gasteiger partial charge in [-0.1, -0.05) is 30.0 Å². The quantitative estimate of drug-likeness (QED) is 0.217. The number of Topliss-reactive ketones (excluding diaryl/α,β-unsaturated/α-hetero) is 1. The van der Waals surface area contributed by atoms with E-state index in [0.717, 1.165) is 33.3 Å². The first-order valence-electron chi connectivity index (χ1n) is 10.9. The van der Waals surface area contributed by atoms with Crippen molar-refractivity contribution in [2.45, 2.75) is 51.6 Å². The molecule has 4 rings (SSSR count). The Bertz CT molecular complexity index is 1420. The molecule has 33 heavy (non-hydrogen) atoms. The molecule has 0 bridgehead atoms. The molecule has 0 aliphatic heterocycles. The molecule has 0 spiro atoms. The molecule has 2 aromatic carbocycles. The number of carbonyl (C=O) groups excluding carboxylic acids is 1. The molecule has 0 aliphatic rings. The Morgan fingerprint density at radius 3 is 2.61 bits per heavy atom. The Balaban J connectivity index is 1.80. The SMILES string of the molecule is COCCCn1c(=O)c2ccccc2n2c(SCc3c(C)cc(C)c(C(C)=O)c3C)nnc12. The first-order chi connectivity index (χ1) is 15.8. The monoisotopic (exact) mass is 464 g/mol. The van der Waals surface area contributed by atoms with E-state index in [1.54, 1.807) is 30.4 Å². The summed E-state index contributed by atoms with van der Waals surface area (Å²) in [6.45, 7) is 8.74. The molecule has 0 atom stereocenters. The van der Waals surface area contributed by atoms with Crippen molar-refractivity contribution >= 4 is 34.2 Å². The van der Waals surface area contributed by atoms with Gasteiger partial charge in [0.2, 0.25) is 5.78 Å². The van der Waals surface area contributed by atoms with E-state index in [1.807, 2.05) is 42.5 Å². The van der Waals surface area contributed by atoms with E-state index in [9.17, 15) is 9.59 Å². The minimum absolute atomic E-state index is 0.0746. The topological polar surface area (TPSA) is 78.5 Å².